The van der Waals surface area contributed by atoms with E-state index in [2.05, 4.69) is 12.1 Å². The molecule has 1 aliphatic rings. The average molecular weight is 251 g/mol. The number of aliphatic hydroxyl groups is 2. The van der Waals surface area contributed by atoms with E-state index in [0.29, 0.717) is 5.56 Å². The van der Waals surface area contributed by atoms with Gasteiger partial charge in [0, 0.05) is 0 Å². The highest BCUT2D eigenvalue weighted by Gasteiger charge is 2.22. The first-order chi connectivity index (χ1) is 9.20. The standard InChI is InChI=1S/C16H13NO2/c17-9-15(18)16(19)11-5-6-14-12(8-11)7-10-3-1-2-4-13(10)14/h1-6,8,15-16,18-19H,7H2. The molecule has 0 bridgehead atoms. The van der Waals surface area contributed by atoms with Crippen LogP contribution in [0, 0.1) is 11.3 Å². The number of hydrogen-bond acceptors (Lipinski definition) is 3. The maximum absolute atomic E-state index is 9.86. The van der Waals surface area contributed by atoms with Crippen molar-refractivity contribution < 1.29 is 10.2 Å². The Bertz CT molecular complexity index is 673. The molecule has 0 radical (unpaired) electrons. The van der Waals surface area contributed by atoms with Gasteiger partial charge in [-0.1, -0.05) is 42.5 Å². The lowest BCUT2D eigenvalue weighted by atomic mass is 9.99. The molecule has 2 atom stereocenters. The normalized spacial score (nSPS) is 15.2. The largest absolute Gasteiger partial charge is 0.385 e. The zero-order valence-electron chi connectivity index (χ0n) is 10.2. The second kappa shape index (κ2) is 4.51. The van der Waals surface area contributed by atoms with Crippen LogP contribution in [0.1, 0.15) is 22.8 Å². The topological polar surface area (TPSA) is 64.2 Å². The van der Waals surface area contributed by atoms with Gasteiger partial charge in [0.25, 0.3) is 0 Å². The summed E-state index contributed by atoms with van der Waals surface area (Å²) in [4.78, 5) is 0. The monoisotopic (exact) mass is 251 g/mol. The third-order valence-electron chi connectivity index (χ3n) is 3.59. The molecule has 19 heavy (non-hydrogen) atoms. The van der Waals surface area contributed by atoms with E-state index in [-0.39, 0.29) is 0 Å². The van der Waals surface area contributed by atoms with Crippen LogP contribution >= 0.6 is 0 Å². The summed E-state index contributed by atoms with van der Waals surface area (Å²) in [7, 11) is 0. The summed E-state index contributed by atoms with van der Waals surface area (Å²) in [5.74, 6) is 0. The highest BCUT2D eigenvalue weighted by atomic mass is 16.3. The number of hydrogen-bond donors (Lipinski definition) is 2. The summed E-state index contributed by atoms with van der Waals surface area (Å²) in [5.41, 5.74) is 5.37. The Labute approximate surface area is 111 Å². The van der Waals surface area contributed by atoms with E-state index < -0.39 is 12.2 Å². The molecule has 0 fully saturated rings. The fraction of sp³-hybridized carbons (Fsp3) is 0.188. The second-order valence-electron chi connectivity index (χ2n) is 4.77. The number of aliphatic hydroxyl groups excluding tert-OH is 2. The van der Waals surface area contributed by atoms with Gasteiger partial charge in [-0.05, 0) is 34.2 Å². The van der Waals surface area contributed by atoms with E-state index in [0.717, 1.165) is 17.5 Å². The highest BCUT2D eigenvalue weighted by molar-refractivity contribution is 5.76. The molecule has 2 aromatic carbocycles. The van der Waals surface area contributed by atoms with Crippen molar-refractivity contribution in [2.45, 2.75) is 18.6 Å². The number of rotatable bonds is 2. The molecule has 2 unspecified atom stereocenters. The maximum Gasteiger partial charge on any atom is 0.170 e. The molecule has 0 aromatic heterocycles. The Morgan fingerprint density at radius 2 is 1.74 bits per heavy atom. The lowest BCUT2D eigenvalue weighted by molar-refractivity contribution is 0.0528. The molecule has 94 valence electrons. The van der Waals surface area contributed by atoms with Crippen molar-refractivity contribution in [3.05, 3.63) is 59.2 Å². The van der Waals surface area contributed by atoms with Crippen molar-refractivity contribution in [3.63, 3.8) is 0 Å². The lowest BCUT2D eigenvalue weighted by Crippen LogP contribution is -2.15. The smallest absolute Gasteiger partial charge is 0.170 e. The molecule has 0 spiro atoms. The second-order valence-corrected chi connectivity index (χ2v) is 4.77. The Hall–Kier alpha value is -2.15. The third kappa shape index (κ3) is 1.91. The molecule has 0 heterocycles. The molecule has 1 aliphatic carbocycles. The predicted molar refractivity (Wildman–Crippen MR) is 71.3 cm³/mol. The summed E-state index contributed by atoms with van der Waals surface area (Å²) in [6, 6.07) is 15.4. The third-order valence-corrected chi connectivity index (χ3v) is 3.59. The molecular formula is C16H13NO2. The van der Waals surface area contributed by atoms with Gasteiger partial charge < -0.3 is 10.2 Å². The van der Waals surface area contributed by atoms with Crippen molar-refractivity contribution >= 4 is 0 Å². The fourth-order valence-electron chi connectivity index (χ4n) is 2.60. The van der Waals surface area contributed by atoms with Crippen molar-refractivity contribution in [2.24, 2.45) is 0 Å². The molecule has 2 aromatic rings. The Morgan fingerprint density at radius 1 is 1.00 bits per heavy atom. The minimum Gasteiger partial charge on any atom is -0.385 e. The number of fused-ring (bicyclic) bond motifs is 3. The molecule has 3 nitrogen and oxygen atoms in total. The summed E-state index contributed by atoms with van der Waals surface area (Å²) in [6.07, 6.45) is -1.71. The molecule has 0 saturated carbocycles. The van der Waals surface area contributed by atoms with Gasteiger partial charge >= 0.3 is 0 Å². The maximum atomic E-state index is 9.86. The van der Waals surface area contributed by atoms with E-state index in [4.69, 9.17) is 5.26 Å². The van der Waals surface area contributed by atoms with Gasteiger partial charge in [0.2, 0.25) is 0 Å². The van der Waals surface area contributed by atoms with Crippen LogP contribution in [0.25, 0.3) is 11.1 Å². The summed E-state index contributed by atoms with van der Waals surface area (Å²) in [5, 5.41) is 27.9. The van der Waals surface area contributed by atoms with Gasteiger partial charge in [-0.3, -0.25) is 0 Å². The van der Waals surface area contributed by atoms with Gasteiger partial charge in [0.05, 0.1) is 6.07 Å². The molecule has 0 amide bonds. The minimum atomic E-state index is -1.39. The molecule has 3 heteroatoms. The summed E-state index contributed by atoms with van der Waals surface area (Å²) in [6.45, 7) is 0. The molecule has 0 saturated heterocycles. The van der Waals surface area contributed by atoms with E-state index in [9.17, 15) is 10.2 Å². The first-order valence-electron chi connectivity index (χ1n) is 6.17. The van der Waals surface area contributed by atoms with Crippen LogP contribution in [0.4, 0.5) is 0 Å². The van der Waals surface area contributed by atoms with E-state index in [1.807, 2.05) is 24.3 Å². The van der Waals surface area contributed by atoms with Gasteiger partial charge in [0.1, 0.15) is 6.10 Å². The number of benzene rings is 2. The Kier molecular flexibility index (Phi) is 2.83. The van der Waals surface area contributed by atoms with Gasteiger partial charge in [-0.15, -0.1) is 0 Å². The van der Waals surface area contributed by atoms with Gasteiger partial charge in [0.15, 0.2) is 6.10 Å². The minimum absolute atomic E-state index is 0.584. The molecule has 3 rings (SSSR count). The Morgan fingerprint density at radius 3 is 2.53 bits per heavy atom. The number of nitriles is 1. The van der Waals surface area contributed by atoms with Crippen LogP contribution in [0.15, 0.2) is 42.5 Å². The summed E-state index contributed by atoms with van der Waals surface area (Å²) < 4.78 is 0. The zero-order valence-corrected chi connectivity index (χ0v) is 10.2. The van der Waals surface area contributed by atoms with Crippen LogP contribution in [0.2, 0.25) is 0 Å². The highest BCUT2D eigenvalue weighted by Crippen LogP contribution is 2.37. The van der Waals surface area contributed by atoms with Crippen LogP contribution in [-0.2, 0) is 6.42 Å². The predicted octanol–water partition coefficient (Wildman–Crippen LogP) is 2.18. The molecular weight excluding hydrogens is 238 g/mol. The van der Waals surface area contributed by atoms with Crippen molar-refractivity contribution in [1.82, 2.24) is 0 Å². The zero-order chi connectivity index (χ0) is 13.4. The number of nitrogens with zero attached hydrogens (tertiary/aromatic N) is 1. The van der Waals surface area contributed by atoms with Crippen molar-refractivity contribution in [3.8, 4) is 17.2 Å². The van der Waals surface area contributed by atoms with Gasteiger partial charge in [-0.2, -0.15) is 5.26 Å². The summed E-state index contributed by atoms with van der Waals surface area (Å²) >= 11 is 0. The Balaban J connectivity index is 2.00. The van der Waals surface area contributed by atoms with Crippen molar-refractivity contribution in [2.75, 3.05) is 0 Å². The average Bonchev–Trinajstić information content (AvgIpc) is 2.83. The SMILES string of the molecule is N#CC(O)C(O)c1ccc2c(c1)Cc1ccccc1-2. The van der Waals surface area contributed by atoms with Gasteiger partial charge in [-0.25, -0.2) is 0 Å². The lowest BCUT2D eigenvalue weighted by Gasteiger charge is -2.13. The van der Waals surface area contributed by atoms with Crippen LogP contribution in [0.3, 0.4) is 0 Å². The molecule has 0 aliphatic heterocycles. The van der Waals surface area contributed by atoms with E-state index >= 15 is 0 Å². The first-order valence-corrected chi connectivity index (χ1v) is 6.17. The van der Waals surface area contributed by atoms with Crippen LogP contribution < -0.4 is 0 Å². The fourth-order valence-corrected chi connectivity index (χ4v) is 2.60. The first kappa shape index (κ1) is 11.9. The van der Waals surface area contributed by atoms with Crippen LogP contribution in [-0.4, -0.2) is 16.3 Å². The van der Waals surface area contributed by atoms with Crippen molar-refractivity contribution in [1.29, 1.82) is 5.26 Å². The van der Waals surface area contributed by atoms with Crippen LogP contribution in [0.5, 0.6) is 0 Å². The van der Waals surface area contributed by atoms with E-state index in [1.54, 1.807) is 12.1 Å². The molecule has 2 N–H and O–H groups in total. The van der Waals surface area contributed by atoms with E-state index in [1.165, 1.54) is 11.1 Å². The quantitative estimate of drug-likeness (QED) is 0.686.